The van der Waals surface area contributed by atoms with Crippen molar-refractivity contribution in [1.82, 2.24) is 0 Å². The van der Waals surface area contributed by atoms with E-state index in [2.05, 4.69) is 0 Å². The summed E-state index contributed by atoms with van der Waals surface area (Å²) in [6.07, 6.45) is 0. The predicted octanol–water partition coefficient (Wildman–Crippen LogP) is 4.38. The molecule has 0 saturated heterocycles. The number of ether oxygens (including phenoxy) is 1. The molecule has 0 N–H and O–H groups in total. The van der Waals surface area contributed by atoms with Crippen LogP contribution in [0.5, 0.6) is 0 Å². The summed E-state index contributed by atoms with van der Waals surface area (Å²) >= 11 is 0. The van der Waals surface area contributed by atoms with Gasteiger partial charge in [0.25, 0.3) is 0 Å². The Morgan fingerprint density at radius 2 is 1.52 bits per heavy atom. The van der Waals surface area contributed by atoms with Crippen molar-refractivity contribution in [2.24, 2.45) is 0 Å². The van der Waals surface area contributed by atoms with Gasteiger partial charge >= 0.3 is 11.6 Å². The molecule has 0 aliphatic carbocycles. The Morgan fingerprint density at radius 1 is 0.793 bits per heavy atom. The summed E-state index contributed by atoms with van der Waals surface area (Å²) < 4.78 is 10.4. The Bertz CT molecular complexity index is 1260. The molecule has 3 aromatic carbocycles. The molecule has 0 saturated carbocycles. The molecule has 0 aliphatic rings. The molecule has 0 radical (unpaired) electrons. The number of hydrogen-bond acceptors (Lipinski definition) is 5. The van der Waals surface area contributed by atoms with Crippen molar-refractivity contribution in [3.63, 3.8) is 0 Å². The van der Waals surface area contributed by atoms with E-state index in [1.165, 1.54) is 6.07 Å². The van der Waals surface area contributed by atoms with Gasteiger partial charge in [0.05, 0.1) is 0 Å². The van der Waals surface area contributed by atoms with Crippen LogP contribution in [0.2, 0.25) is 0 Å². The Labute approximate surface area is 166 Å². The van der Waals surface area contributed by atoms with Crippen molar-refractivity contribution in [1.29, 1.82) is 0 Å². The summed E-state index contributed by atoms with van der Waals surface area (Å²) in [5, 5.41) is 0.634. The fourth-order valence-corrected chi connectivity index (χ4v) is 2.99. The number of carbonyl (C=O) groups excluding carboxylic acids is 2. The number of esters is 1. The molecular weight excluding hydrogens is 368 g/mol. The third kappa shape index (κ3) is 3.99. The molecule has 29 heavy (non-hydrogen) atoms. The second-order valence-corrected chi connectivity index (χ2v) is 6.46. The maximum atomic E-state index is 12.6. The van der Waals surface area contributed by atoms with Gasteiger partial charge in [-0.1, -0.05) is 66.7 Å². The number of ketones is 1. The highest BCUT2D eigenvalue weighted by Crippen LogP contribution is 2.15. The van der Waals surface area contributed by atoms with Gasteiger partial charge in [-0.05, 0) is 23.8 Å². The van der Waals surface area contributed by atoms with Crippen molar-refractivity contribution in [3.05, 3.63) is 118 Å². The molecule has 0 aliphatic heterocycles. The lowest BCUT2D eigenvalue weighted by atomic mass is 10.0. The van der Waals surface area contributed by atoms with Crippen LogP contribution >= 0.6 is 0 Å². The monoisotopic (exact) mass is 384 g/mol. The van der Waals surface area contributed by atoms with E-state index < -0.39 is 11.6 Å². The Balaban J connectivity index is 1.51. The Kier molecular flexibility index (Phi) is 5.03. The minimum Gasteiger partial charge on any atom is -0.457 e. The van der Waals surface area contributed by atoms with Crippen LogP contribution in [0.15, 0.2) is 94.1 Å². The third-order valence-corrected chi connectivity index (χ3v) is 4.46. The van der Waals surface area contributed by atoms with E-state index in [0.29, 0.717) is 27.7 Å². The topological polar surface area (TPSA) is 73.6 Å². The van der Waals surface area contributed by atoms with Crippen LogP contribution in [-0.2, 0) is 11.3 Å². The molecular formula is C24H16O5. The first-order valence-corrected chi connectivity index (χ1v) is 9.00. The molecule has 5 nitrogen and oxygen atoms in total. The number of hydrogen-bond donors (Lipinski definition) is 0. The van der Waals surface area contributed by atoms with E-state index >= 15 is 0 Å². The van der Waals surface area contributed by atoms with Crippen LogP contribution in [-0.4, -0.2) is 11.8 Å². The minimum atomic E-state index is -0.774. The molecule has 0 spiro atoms. The lowest BCUT2D eigenvalue weighted by Gasteiger charge is -2.07. The van der Waals surface area contributed by atoms with E-state index in [0.717, 1.165) is 0 Å². The van der Waals surface area contributed by atoms with Crippen molar-refractivity contribution >= 4 is 22.7 Å². The number of fused-ring (bicyclic) bond motifs is 1. The van der Waals surface area contributed by atoms with Crippen molar-refractivity contribution in [3.8, 4) is 0 Å². The summed E-state index contributed by atoms with van der Waals surface area (Å²) in [5.41, 5.74) is 1.21. The summed E-state index contributed by atoms with van der Waals surface area (Å²) in [5.74, 6) is -0.891. The molecule has 1 heterocycles. The highest BCUT2D eigenvalue weighted by atomic mass is 16.5. The average Bonchev–Trinajstić information content (AvgIpc) is 2.77. The van der Waals surface area contributed by atoms with Gasteiger partial charge in [0.1, 0.15) is 17.8 Å². The van der Waals surface area contributed by atoms with Gasteiger partial charge in [-0.15, -0.1) is 0 Å². The fourth-order valence-electron chi connectivity index (χ4n) is 2.99. The van der Waals surface area contributed by atoms with E-state index in [1.54, 1.807) is 72.8 Å². The Hall–Kier alpha value is -3.99. The number of benzene rings is 3. The lowest BCUT2D eigenvalue weighted by molar-refractivity contribution is 0.0468. The molecule has 0 amide bonds. The summed E-state index contributed by atoms with van der Waals surface area (Å²) in [4.78, 5) is 37.0. The van der Waals surface area contributed by atoms with Gasteiger partial charge in [0.15, 0.2) is 5.78 Å². The van der Waals surface area contributed by atoms with Crippen molar-refractivity contribution in [2.45, 2.75) is 6.61 Å². The van der Waals surface area contributed by atoms with E-state index in [1.807, 2.05) is 6.07 Å². The molecule has 0 fully saturated rings. The second-order valence-electron chi connectivity index (χ2n) is 6.46. The van der Waals surface area contributed by atoms with Crippen LogP contribution in [0.3, 0.4) is 0 Å². The van der Waals surface area contributed by atoms with Gasteiger partial charge < -0.3 is 9.15 Å². The number of carbonyl (C=O) groups is 2. The third-order valence-electron chi connectivity index (χ3n) is 4.46. The van der Waals surface area contributed by atoms with Crippen LogP contribution < -0.4 is 5.63 Å². The highest BCUT2D eigenvalue weighted by molar-refractivity contribution is 6.09. The Morgan fingerprint density at radius 3 is 2.34 bits per heavy atom. The second kappa shape index (κ2) is 7.94. The van der Waals surface area contributed by atoms with E-state index in [9.17, 15) is 14.4 Å². The lowest BCUT2D eigenvalue weighted by Crippen LogP contribution is -2.16. The molecule has 5 heteroatoms. The summed E-state index contributed by atoms with van der Waals surface area (Å²) in [6.45, 7) is -0.0684. The van der Waals surface area contributed by atoms with Crippen LogP contribution in [0.4, 0.5) is 0 Å². The first-order chi connectivity index (χ1) is 14.1. The quantitative estimate of drug-likeness (QED) is 0.290. The zero-order valence-electron chi connectivity index (χ0n) is 15.3. The molecule has 0 atom stereocenters. The molecule has 4 rings (SSSR count). The SMILES string of the molecule is O=C(c1ccccc1)c1cccc(COC(=O)c2cc3ccccc3oc2=O)c1. The first-order valence-electron chi connectivity index (χ1n) is 9.00. The zero-order valence-corrected chi connectivity index (χ0v) is 15.3. The normalized spacial score (nSPS) is 10.6. The van der Waals surface area contributed by atoms with Crippen LogP contribution in [0.25, 0.3) is 11.0 Å². The summed E-state index contributed by atoms with van der Waals surface area (Å²) in [6, 6.07) is 24.2. The van der Waals surface area contributed by atoms with Gasteiger partial charge in [-0.2, -0.15) is 0 Å². The highest BCUT2D eigenvalue weighted by Gasteiger charge is 2.16. The van der Waals surface area contributed by atoms with Gasteiger partial charge in [0.2, 0.25) is 0 Å². The fraction of sp³-hybridized carbons (Fsp3) is 0.0417. The van der Waals surface area contributed by atoms with Crippen molar-refractivity contribution in [2.75, 3.05) is 0 Å². The van der Waals surface area contributed by atoms with Gasteiger partial charge in [-0.3, -0.25) is 4.79 Å². The minimum absolute atomic E-state index is 0.0684. The van der Waals surface area contributed by atoms with Gasteiger partial charge in [-0.25, -0.2) is 9.59 Å². The van der Waals surface area contributed by atoms with Crippen LogP contribution in [0, 0.1) is 0 Å². The van der Waals surface area contributed by atoms with E-state index in [4.69, 9.17) is 9.15 Å². The molecule has 0 unspecified atom stereocenters. The molecule has 1 aromatic heterocycles. The predicted molar refractivity (Wildman–Crippen MR) is 108 cm³/mol. The smallest absolute Gasteiger partial charge is 0.351 e. The standard InChI is InChI=1S/C24H16O5/c25-22(17-8-2-1-3-9-17)19-11-6-7-16(13-19)15-28-23(26)20-14-18-10-4-5-12-21(18)29-24(20)27/h1-14H,15H2. The maximum Gasteiger partial charge on any atom is 0.351 e. The first kappa shape index (κ1) is 18.4. The molecule has 0 bridgehead atoms. The maximum absolute atomic E-state index is 12.6. The summed E-state index contributed by atoms with van der Waals surface area (Å²) in [7, 11) is 0. The molecule has 142 valence electrons. The largest absolute Gasteiger partial charge is 0.457 e. The average molecular weight is 384 g/mol. The number of rotatable bonds is 5. The van der Waals surface area contributed by atoms with Gasteiger partial charge in [0, 0.05) is 16.5 Å². The van der Waals surface area contributed by atoms with E-state index in [-0.39, 0.29) is 18.0 Å². The van der Waals surface area contributed by atoms with Crippen LogP contribution in [0.1, 0.15) is 31.8 Å². The molecule has 4 aromatic rings. The van der Waals surface area contributed by atoms with Crippen molar-refractivity contribution < 1.29 is 18.7 Å². The number of para-hydroxylation sites is 1. The zero-order chi connectivity index (χ0) is 20.2.